The monoisotopic (exact) mass is 507 g/mol. The maximum absolute atomic E-state index is 12.5. The van der Waals surface area contributed by atoms with Crippen LogP contribution in [-0.4, -0.2) is 38.9 Å². The second-order valence-electron chi connectivity index (χ2n) is 7.75. The highest BCUT2D eigenvalue weighted by atomic mass is 16.6. The molecule has 0 aromatic heterocycles. The van der Waals surface area contributed by atoms with Gasteiger partial charge in [-0.2, -0.15) is 5.26 Å². The van der Waals surface area contributed by atoms with Crippen LogP contribution in [0.5, 0.6) is 23.0 Å². The van der Waals surface area contributed by atoms with Crippen molar-refractivity contribution in [3.63, 3.8) is 0 Å². The van der Waals surface area contributed by atoms with Crippen LogP contribution in [0.3, 0.4) is 0 Å². The number of unbranched alkanes of at least 4 members (excludes halogenated alkanes) is 2. The van der Waals surface area contributed by atoms with Crippen molar-refractivity contribution in [3.05, 3.63) is 59.2 Å². The van der Waals surface area contributed by atoms with Crippen molar-refractivity contribution in [1.29, 1.82) is 5.26 Å². The van der Waals surface area contributed by atoms with Gasteiger partial charge in [0.2, 0.25) is 0 Å². The van der Waals surface area contributed by atoms with Crippen LogP contribution in [0.15, 0.2) is 48.0 Å². The van der Waals surface area contributed by atoms with Crippen LogP contribution in [0.4, 0.5) is 0 Å². The molecule has 196 valence electrons. The minimum Gasteiger partial charge on any atom is -0.493 e. The average Bonchev–Trinajstić information content (AvgIpc) is 2.90. The molecule has 2 aromatic rings. The third-order valence-corrected chi connectivity index (χ3v) is 5.01. The topological polar surface area (TPSA) is 104 Å². The highest BCUT2D eigenvalue weighted by molar-refractivity contribution is 5.98. The van der Waals surface area contributed by atoms with Gasteiger partial charge in [0.15, 0.2) is 23.0 Å². The van der Waals surface area contributed by atoms with Crippen LogP contribution in [0.1, 0.15) is 51.2 Å². The molecule has 0 aliphatic rings. The number of nitriles is 1. The standard InChI is InChI=1S/C29H33NO7/c1-5-8-9-16-36-24-13-10-21(18-26(24)33-4)12-15-28(31)37-25-14-11-22(19-27(25)34-6-2)17-23(20-30)29(32)35-7-3/h10-15,17-19H,5-9,16H2,1-4H3/b15-12+,23-17+. The minimum absolute atomic E-state index is 0.148. The molecule has 0 saturated carbocycles. The normalized spacial score (nSPS) is 11.1. The van der Waals surface area contributed by atoms with Gasteiger partial charge in [-0.15, -0.1) is 0 Å². The molecule has 8 nitrogen and oxygen atoms in total. The largest absolute Gasteiger partial charge is 0.493 e. The molecule has 8 heteroatoms. The molecule has 0 radical (unpaired) electrons. The van der Waals surface area contributed by atoms with E-state index < -0.39 is 11.9 Å². The van der Waals surface area contributed by atoms with Gasteiger partial charge in [-0.3, -0.25) is 0 Å². The van der Waals surface area contributed by atoms with Crippen molar-refractivity contribution >= 4 is 24.1 Å². The molecular formula is C29H33NO7. The Hall–Kier alpha value is -4.25. The molecule has 0 saturated heterocycles. The second-order valence-corrected chi connectivity index (χ2v) is 7.75. The summed E-state index contributed by atoms with van der Waals surface area (Å²) in [6, 6.07) is 12.0. The molecule has 0 heterocycles. The lowest BCUT2D eigenvalue weighted by Crippen LogP contribution is -2.07. The Morgan fingerprint density at radius 3 is 2.30 bits per heavy atom. The average molecular weight is 508 g/mol. The number of nitrogens with zero attached hydrogens (tertiary/aromatic N) is 1. The van der Waals surface area contributed by atoms with Gasteiger partial charge in [0, 0.05) is 6.08 Å². The maximum atomic E-state index is 12.5. The van der Waals surface area contributed by atoms with E-state index in [1.165, 1.54) is 18.2 Å². The van der Waals surface area contributed by atoms with E-state index in [9.17, 15) is 14.9 Å². The summed E-state index contributed by atoms with van der Waals surface area (Å²) in [7, 11) is 1.57. The Morgan fingerprint density at radius 2 is 1.62 bits per heavy atom. The molecule has 2 aromatic carbocycles. The van der Waals surface area contributed by atoms with Crippen LogP contribution in [0, 0.1) is 11.3 Å². The fourth-order valence-electron chi connectivity index (χ4n) is 3.23. The van der Waals surface area contributed by atoms with Gasteiger partial charge in [-0.25, -0.2) is 9.59 Å². The lowest BCUT2D eigenvalue weighted by atomic mass is 10.1. The third kappa shape index (κ3) is 9.37. The van der Waals surface area contributed by atoms with E-state index in [0.29, 0.717) is 36.0 Å². The van der Waals surface area contributed by atoms with Gasteiger partial charge in [0.25, 0.3) is 0 Å². The lowest BCUT2D eigenvalue weighted by Gasteiger charge is -2.11. The number of hydrogen-bond donors (Lipinski definition) is 0. The van der Waals surface area contributed by atoms with Gasteiger partial charge >= 0.3 is 11.9 Å². The number of rotatable bonds is 14. The van der Waals surface area contributed by atoms with Crippen molar-refractivity contribution in [2.24, 2.45) is 0 Å². The van der Waals surface area contributed by atoms with E-state index in [1.807, 2.05) is 12.1 Å². The van der Waals surface area contributed by atoms with Crippen LogP contribution in [-0.2, 0) is 14.3 Å². The number of esters is 2. The summed E-state index contributed by atoms with van der Waals surface area (Å²) in [4.78, 5) is 24.4. The predicted molar refractivity (Wildman–Crippen MR) is 141 cm³/mol. The van der Waals surface area contributed by atoms with Gasteiger partial charge in [0.1, 0.15) is 11.6 Å². The summed E-state index contributed by atoms with van der Waals surface area (Å²) in [5.74, 6) is 0.413. The SMILES string of the molecule is CCCCCOc1ccc(/C=C/C(=O)Oc2ccc(/C=C(\C#N)C(=O)OCC)cc2OCC)cc1OC. The first-order valence-corrected chi connectivity index (χ1v) is 12.2. The second kappa shape index (κ2) is 15.7. The zero-order valence-electron chi connectivity index (χ0n) is 21.7. The Kier molecular flexibility index (Phi) is 12.3. The number of benzene rings is 2. The Morgan fingerprint density at radius 1 is 0.892 bits per heavy atom. The molecule has 0 amide bonds. The first-order valence-electron chi connectivity index (χ1n) is 12.2. The molecule has 0 spiro atoms. The van der Waals surface area contributed by atoms with Gasteiger partial charge < -0.3 is 23.7 Å². The maximum Gasteiger partial charge on any atom is 0.348 e. The summed E-state index contributed by atoms with van der Waals surface area (Å²) >= 11 is 0. The van der Waals surface area contributed by atoms with Crippen molar-refractivity contribution in [2.75, 3.05) is 26.9 Å². The molecule has 2 rings (SSSR count). The molecule has 0 bridgehead atoms. The molecule has 0 fully saturated rings. The first-order chi connectivity index (χ1) is 17.9. The van der Waals surface area contributed by atoms with Gasteiger partial charge in [0.05, 0.1) is 26.9 Å². The molecule has 0 aliphatic carbocycles. The molecule has 0 atom stereocenters. The number of carbonyl (C=O) groups excluding carboxylic acids is 2. The van der Waals surface area contributed by atoms with E-state index in [2.05, 4.69) is 6.92 Å². The zero-order valence-corrected chi connectivity index (χ0v) is 21.7. The molecule has 0 unspecified atom stereocenters. The smallest absolute Gasteiger partial charge is 0.348 e. The third-order valence-electron chi connectivity index (χ3n) is 5.01. The van der Waals surface area contributed by atoms with E-state index in [0.717, 1.165) is 24.8 Å². The quantitative estimate of drug-likeness (QED) is 0.105. The van der Waals surface area contributed by atoms with Crippen molar-refractivity contribution in [3.8, 4) is 29.1 Å². The van der Waals surface area contributed by atoms with Crippen molar-refractivity contribution < 1.29 is 33.3 Å². The molecule has 37 heavy (non-hydrogen) atoms. The van der Waals surface area contributed by atoms with Crippen LogP contribution >= 0.6 is 0 Å². The predicted octanol–water partition coefficient (Wildman–Crippen LogP) is 5.75. The van der Waals surface area contributed by atoms with E-state index in [-0.39, 0.29) is 17.9 Å². The van der Waals surface area contributed by atoms with Gasteiger partial charge in [-0.1, -0.05) is 31.9 Å². The number of ether oxygens (including phenoxy) is 5. The summed E-state index contributed by atoms with van der Waals surface area (Å²) in [5, 5.41) is 9.25. The van der Waals surface area contributed by atoms with Crippen LogP contribution in [0.2, 0.25) is 0 Å². The molecular weight excluding hydrogens is 474 g/mol. The number of carbonyl (C=O) groups is 2. The highest BCUT2D eigenvalue weighted by Gasteiger charge is 2.13. The number of methoxy groups -OCH3 is 1. The van der Waals surface area contributed by atoms with Crippen LogP contribution in [0.25, 0.3) is 12.2 Å². The van der Waals surface area contributed by atoms with Crippen LogP contribution < -0.4 is 18.9 Å². The minimum atomic E-state index is -0.712. The van der Waals surface area contributed by atoms with Crippen molar-refractivity contribution in [2.45, 2.75) is 40.0 Å². The number of hydrogen-bond acceptors (Lipinski definition) is 8. The van der Waals surface area contributed by atoms with E-state index in [1.54, 1.807) is 51.3 Å². The summed E-state index contributed by atoms with van der Waals surface area (Å²) < 4.78 is 27.1. The summed E-state index contributed by atoms with van der Waals surface area (Å²) in [5.41, 5.74) is 1.11. The Balaban J connectivity index is 2.13. The Labute approximate surface area is 218 Å². The van der Waals surface area contributed by atoms with Crippen molar-refractivity contribution in [1.82, 2.24) is 0 Å². The fourth-order valence-corrected chi connectivity index (χ4v) is 3.23. The van der Waals surface area contributed by atoms with E-state index >= 15 is 0 Å². The fraction of sp³-hybridized carbons (Fsp3) is 0.345. The van der Waals surface area contributed by atoms with Gasteiger partial charge in [-0.05, 0) is 67.8 Å². The summed E-state index contributed by atoms with van der Waals surface area (Å²) in [6.45, 7) is 6.68. The summed E-state index contributed by atoms with van der Waals surface area (Å²) in [6.07, 6.45) is 7.49. The molecule has 0 aliphatic heterocycles. The highest BCUT2D eigenvalue weighted by Crippen LogP contribution is 2.31. The zero-order chi connectivity index (χ0) is 27.0. The van der Waals surface area contributed by atoms with E-state index in [4.69, 9.17) is 23.7 Å². The first kappa shape index (κ1) is 29.0. The Bertz CT molecular complexity index is 1160. The molecule has 0 N–H and O–H groups in total. The lowest BCUT2D eigenvalue weighted by molar-refractivity contribution is -0.138.